The molecule has 37 heavy (non-hydrogen) atoms. The Balaban J connectivity index is 1.41. The number of fused-ring (bicyclic) bond motifs is 1. The fourth-order valence-corrected chi connectivity index (χ4v) is 4.56. The summed E-state index contributed by atoms with van der Waals surface area (Å²) in [5, 5.41) is 9.49. The predicted octanol–water partition coefficient (Wildman–Crippen LogP) is 1.73. The first-order chi connectivity index (χ1) is 17.8. The van der Waals surface area contributed by atoms with E-state index in [2.05, 4.69) is 19.3 Å². The van der Waals surface area contributed by atoms with Crippen LogP contribution in [0.1, 0.15) is 16.1 Å². The SMILES string of the molecule is COc1ccc(CC(=O)C2CN(c3nc4c(cc3F)c(=O)c(C(=O)O)cn4-c3ncns3)C2)nc1OC. The van der Waals surface area contributed by atoms with Crippen LogP contribution in [0.2, 0.25) is 0 Å². The highest BCUT2D eigenvalue weighted by Gasteiger charge is 2.35. The van der Waals surface area contributed by atoms with Crippen molar-refractivity contribution < 1.29 is 28.6 Å². The van der Waals surface area contributed by atoms with Gasteiger partial charge >= 0.3 is 5.97 Å². The molecule has 5 heterocycles. The van der Waals surface area contributed by atoms with Gasteiger partial charge in [0.15, 0.2) is 23.0 Å². The second kappa shape index (κ2) is 9.54. The Kier molecular flexibility index (Phi) is 6.25. The topological polar surface area (TPSA) is 150 Å². The second-order valence-corrected chi connectivity index (χ2v) is 8.95. The van der Waals surface area contributed by atoms with E-state index in [1.54, 1.807) is 17.0 Å². The largest absolute Gasteiger partial charge is 0.491 e. The maximum Gasteiger partial charge on any atom is 0.341 e. The number of ether oxygens (including phenoxy) is 2. The molecule has 1 aliphatic heterocycles. The standard InChI is InChI=1S/C23H19FN6O6S/c1-35-17-4-3-12(27-21(17)36-2)5-16(31)11-7-29(8-11)20-15(24)6-13-18(32)14(22(33)34)9-30(19(13)28-20)23-25-10-26-37-23/h3-4,6,9-11H,5,7-8H2,1-2H3,(H,33,34). The van der Waals surface area contributed by atoms with E-state index in [-0.39, 0.29) is 59.1 Å². The number of nitrogens with zero attached hydrogens (tertiary/aromatic N) is 6. The summed E-state index contributed by atoms with van der Waals surface area (Å²) < 4.78 is 30.6. The number of carbonyl (C=O) groups is 2. The summed E-state index contributed by atoms with van der Waals surface area (Å²) in [7, 11) is 2.95. The quantitative estimate of drug-likeness (QED) is 0.358. The number of carboxylic acids is 1. The maximum atomic E-state index is 15.1. The minimum Gasteiger partial charge on any atom is -0.491 e. The number of carboxylic acid groups (broad SMARTS) is 1. The third-order valence-electron chi connectivity index (χ3n) is 5.99. The van der Waals surface area contributed by atoms with E-state index >= 15 is 4.39 Å². The first kappa shape index (κ1) is 24.2. The molecule has 1 fully saturated rings. The van der Waals surface area contributed by atoms with Crippen LogP contribution in [0.4, 0.5) is 10.2 Å². The molecule has 0 amide bonds. The molecule has 0 aromatic carbocycles. The van der Waals surface area contributed by atoms with Crippen molar-refractivity contribution in [3.05, 3.63) is 58.0 Å². The predicted molar refractivity (Wildman–Crippen MR) is 129 cm³/mol. The van der Waals surface area contributed by atoms with Gasteiger partial charge in [-0.1, -0.05) is 0 Å². The molecule has 4 aromatic rings. The van der Waals surface area contributed by atoms with E-state index in [0.29, 0.717) is 11.4 Å². The Hall–Kier alpha value is -4.46. The van der Waals surface area contributed by atoms with Crippen LogP contribution in [0.15, 0.2) is 35.5 Å². The van der Waals surface area contributed by atoms with Crippen molar-refractivity contribution in [3.63, 3.8) is 0 Å². The lowest BCUT2D eigenvalue weighted by Crippen LogP contribution is -2.51. The van der Waals surface area contributed by atoms with E-state index in [4.69, 9.17) is 9.47 Å². The van der Waals surface area contributed by atoms with Crippen molar-refractivity contribution in [1.29, 1.82) is 0 Å². The number of rotatable bonds is 8. The van der Waals surface area contributed by atoms with E-state index in [0.717, 1.165) is 23.8 Å². The Labute approximate surface area is 212 Å². The first-order valence-electron chi connectivity index (χ1n) is 10.9. The Morgan fingerprint density at radius 1 is 1.22 bits per heavy atom. The van der Waals surface area contributed by atoms with Crippen molar-refractivity contribution >= 4 is 40.1 Å². The summed E-state index contributed by atoms with van der Waals surface area (Å²) >= 11 is 0.957. The van der Waals surface area contributed by atoms with Gasteiger partial charge in [-0.25, -0.2) is 24.1 Å². The van der Waals surface area contributed by atoms with E-state index in [9.17, 15) is 19.5 Å². The average Bonchev–Trinajstić information content (AvgIpc) is 3.38. The molecule has 1 N–H and O–H groups in total. The Morgan fingerprint density at radius 2 is 2.00 bits per heavy atom. The molecule has 0 radical (unpaired) electrons. The number of anilines is 1. The summed E-state index contributed by atoms with van der Waals surface area (Å²) in [6.07, 6.45) is 2.44. The highest BCUT2D eigenvalue weighted by atomic mass is 32.1. The molecule has 190 valence electrons. The van der Waals surface area contributed by atoms with Crippen molar-refractivity contribution in [3.8, 4) is 16.8 Å². The number of hydrogen-bond donors (Lipinski definition) is 1. The molecule has 12 nitrogen and oxygen atoms in total. The van der Waals surface area contributed by atoms with Crippen LogP contribution in [0.5, 0.6) is 11.6 Å². The molecule has 1 aliphatic rings. The normalized spacial score (nSPS) is 13.4. The molecule has 0 aliphatic carbocycles. The van der Waals surface area contributed by atoms with Gasteiger partial charge in [-0.15, -0.1) is 0 Å². The van der Waals surface area contributed by atoms with Crippen molar-refractivity contribution in [2.45, 2.75) is 6.42 Å². The minimum atomic E-state index is -1.46. The minimum absolute atomic E-state index is 0.0347. The van der Waals surface area contributed by atoms with E-state index in [1.165, 1.54) is 25.1 Å². The van der Waals surface area contributed by atoms with Gasteiger partial charge in [0, 0.05) is 37.2 Å². The zero-order chi connectivity index (χ0) is 26.3. The number of aromatic nitrogens is 5. The van der Waals surface area contributed by atoms with Crippen LogP contribution in [-0.2, 0) is 11.2 Å². The van der Waals surface area contributed by atoms with Crippen LogP contribution in [-0.4, -0.2) is 68.1 Å². The first-order valence-corrected chi connectivity index (χ1v) is 11.7. The molecule has 0 atom stereocenters. The molecule has 4 aromatic heterocycles. The van der Waals surface area contributed by atoms with Gasteiger partial charge in [0.2, 0.25) is 10.6 Å². The maximum absolute atomic E-state index is 15.1. The highest BCUT2D eigenvalue weighted by molar-refractivity contribution is 7.08. The second-order valence-electron chi connectivity index (χ2n) is 8.19. The van der Waals surface area contributed by atoms with Crippen LogP contribution in [0.3, 0.4) is 0 Å². The zero-order valence-electron chi connectivity index (χ0n) is 19.5. The molecule has 1 saturated heterocycles. The van der Waals surface area contributed by atoms with E-state index in [1.807, 2.05) is 0 Å². The van der Waals surface area contributed by atoms with Crippen LogP contribution < -0.4 is 19.8 Å². The van der Waals surface area contributed by atoms with Crippen molar-refractivity contribution in [1.82, 2.24) is 23.9 Å². The van der Waals surface area contributed by atoms with Crippen LogP contribution in [0.25, 0.3) is 16.2 Å². The highest BCUT2D eigenvalue weighted by Crippen LogP contribution is 2.30. The molecule has 0 bridgehead atoms. The zero-order valence-corrected chi connectivity index (χ0v) is 20.4. The van der Waals surface area contributed by atoms with Gasteiger partial charge in [0.1, 0.15) is 17.7 Å². The fraction of sp³-hybridized carbons (Fsp3) is 0.261. The monoisotopic (exact) mass is 526 g/mol. The van der Waals surface area contributed by atoms with E-state index < -0.39 is 22.8 Å². The third kappa shape index (κ3) is 4.35. The molecular formula is C23H19FN6O6S. The van der Waals surface area contributed by atoms with Gasteiger partial charge in [0.25, 0.3) is 5.88 Å². The smallest absolute Gasteiger partial charge is 0.341 e. The number of Topliss-reactive ketones (excluding diaryl/α,β-unsaturated/α-hetero) is 1. The van der Waals surface area contributed by atoms with Crippen LogP contribution in [0, 0.1) is 11.7 Å². The number of hydrogen-bond acceptors (Lipinski definition) is 11. The number of carbonyl (C=O) groups excluding carboxylic acids is 1. The fourth-order valence-electron chi connectivity index (χ4n) is 4.05. The number of methoxy groups -OCH3 is 2. The molecule has 14 heteroatoms. The number of aromatic carboxylic acids is 1. The lowest BCUT2D eigenvalue weighted by atomic mass is 9.92. The van der Waals surface area contributed by atoms with Crippen molar-refractivity contribution in [2.75, 3.05) is 32.2 Å². The number of ketones is 1. The van der Waals surface area contributed by atoms with Crippen molar-refractivity contribution in [2.24, 2.45) is 5.92 Å². The lowest BCUT2D eigenvalue weighted by Gasteiger charge is -2.39. The molecule has 0 unspecified atom stereocenters. The number of pyridine rings is 3. The summed E-state index contributed by atoms with van der Waals surface area (Å²) in [6, 6.07) is 4.31. The summed E-state index contributed by atoms with van der Waals surface area (Å²) in [4.78, 5) is 51.4. The van der Waals surface area contributed by atoms with Gasteiger partial charge in [-0.3, -0.25) is 14.2 Å². The Morgan fingerprint density at radius 3 is 2.65 bits per heavy atom. The van der Waals surface area contributed by atoms with Gasteiger partial charge < -0.3 is 19.5 Å². The van der Waals surface area contributed by atoms with Gasteiger partial charge in [-0.2, -0.15) is 4.37 Å². The Bertz CT molecular complexity index is 1590. The van der Waals surface area contributed by atoms with Gasteiger partial charge in [-0.05, 0) is 18.2 Å². The average molecular weight is 527 g/mol. The van der Waals surface area contributed by atoms with Gasteiger partial charge in [0.05, 0.1) is 31.2 Å². The molecular weight excluding hydrogens is 507 g/mol. The summed E-state index contributed by atoms with van der Waals surface area (Å²) in [5.41, 5.74) is -0.853. The molecule has 0 saturated carbocycles. The third-order valence-corrected chi connectivity index (χ3v) is 6.65. The summed E-state index contributed by atoms with van der Waals surface area (Å²) in [6.45, 7) is 0.440. The molecule has 0 spiro atoms. The number of halogens is 1. The molecule has 5 rings (SSSR count). The lowest BCUT2D eigenvalue weighted by molar-refractivity contribution is -0.123. The van der Waals surface area contributed by atoms with Crippen LogP contribution >= 0.6 is 11.5 Å². The summed E-state index contributed by atoms with van der Waals surface area (Å²) in [5.74, 6) is -2.03.